The number of nitrogens with one attached hydrogen (secondary N) is 1. The number of methoxy groups -OCH3 is 1. The molecule has 1 amide bonds. The van der Waals surface area contributed by atoms with Gasteiger partial charge >= 0.3 is 0 Å². The average Bonchev–Trinajstić information content (AvgIpc) is 2.37. The normalized spacial score (nSPS) is 10.1. The highest BCUT2D eigenvalue weighted by atomic mass is 16.5. The van der Waals surface area contributed by atoms with Crippen LogP contribution in [0.1, 0.15) is 18.9 Å². The SMILES string of the molecule is CCCNCc1ccc(OC)cc1OCC(N)=O. The van der Waals surface area contributed by atoms with Gasteiger partial charge in [0.25, 0.3) is 5.91 Å². The predicted molar refractivity (Wildman–Crippen MR) is 69.7 cm³/mol. The van der Waals surface area contributed by atoms with E-state index in [2.05, 4.69) is 12.2 Å². The van der Waals surface area contributed by atoms with Crippen LogP contribution in [0.5, 0.6) is 11.5 Å². The fraction of sp³-hybridized carbons (Fsp3) is 0.462. The quantitative estimate of drug-likeness (QED) is 0.678. The molecule has 1 aromatic carbocycles. The number of hydrogen-bond acceptors (Lipinski definition) is 4. The standard InChI is InChI=1S/C13H20N2O3/c1-3-6-15-8-10-4-5-11(17-2)7-12(10)18-9-13(14)16/h4-5,7,15H,3,6,8-9H2,1-2H3,(H2,14,16). The van der Waals surface area contributed by atoms with Crippen LogP contribution in [0.25, 0.3) is 0 Å². The van der Waals surface area contributed by atoms with E-state index in [9.17, 15) is 4.79 Å². The first-order valence-corrected chi connectivity index (χ1v) is 5.96. The Morgan fingerprint density at radius 2 is 2.22 bits per heavy atom. The number of primary amides is 1. The van der Waals surface area contributed by atoms with Gasteiger partial charge in [-0.1, -0.05) is 13.0 Å². The molecule has 0 heterocycles. The van der Waals surface area contributed by atoms with E-state index >= 15 is 0 Å². The van der Waals surface area contributed by atoms with Crippen LogP contribution in [0.4, 0.5) is 0 Å². The summed E-state index contributed by atoms with van der Waals surface area (Å²) in [4.78, 5) is 10.7. The van der Waals surface area contributed by atoms with Gasteiger partial charge in [0.1, 0.15) is 11.5 Å². The summed E-state index contributed by atoms with van der Waals surface area (Å²) < 4.78 is 10.5. The van der Waals surface area contributed by atoms with E-state index < -0.39 is 5.91 Å². The second-order valence-corrected chi connectivity index (χ2v) is 3.91. The zero-order valence-electron chi connectivity index (χ0n) is 10.9. The highest BCUT2D eigenvalue weighted by Gasteiger charge is 2.07. The molecule has 3 N–H and O–H groups in total. The molecule has 0 aliphatic carbocycles. The molecule has 5 heteroatoms. The molecule has 1 rings (SSSR count). The predicted octanol–water partition coefficient (Wildman–Crippen LogP) is 1.06. The van der Waals surface area contributed by atoms with Gasteiger partial charge in [0.2, 0.25) is 0 Å². The molecule has 0 aromatic heterocycles. The fourth-order valence-corrected chi connectivity index (χ4v) is 1.49. The Morgan fingerprint density at radius 3 is 2.83 bits per heavy atom. The van der Waals surface area contributed by atoms with Crippen molar-refractivity contribution in [2.24, 2.45) is 5.73 Å². The van der Waals surface area contributed by atoms with Crippen molar-refractivity contribution in [3.05, 3.63) is 23.8 Å². The maximum absolute atomic E-state index is 10.7. The molecule has 0 aliphatic heterocycles. The lowest BCUT2D eigenvalue weighted by Gasteiger charge is -2.12. The van der Waals surface area contributed by atoms with Crippen LogP contribution >= 0.6 is 0 Å². The van der Waals surface area contributed by atoms with Gasteiger partial charge in [-0.2, -0.15) is 0 Å². The van der Waals surface area contributed by atoms with Gasteiger partial charge < -0.3 is 20.5 Å². The summed E-state index contributed by atoms with van der Waals surface area (Å²) in [6.07, 6.45) is 1.06. The molecule has 0 saturated heterocycles. The van der Waals surface area contributed by atoms with Gasteiger partial charge in [0.15, 0.2) is 6.61 Å². The summed E-state index contributed by atoms with van der Waals surface area (Å²) in [6, 6.07) is 5.53. The second kappa shape index (κ2) is 7.55. The van der Waals surface area contributed by atoms with Crippen LogP contribution in [0, 0.1) is 0 Å². The average molecular weight is 252 g/mol. The third kappa shape index (κ3) is 4.63. The summed E-state index contributed by atoms with van der Waals surface area (Å²) in [5.41, 5.74) is 6.05. The van der Waals surface area contributed by atoms with Crippen molar-refractivity contribution in [1.82, 2.24) is 5.32 Å². The molecule has 0 radical (unpaired) electrons. The molecule has 18 heavy (non-hydrogen) atoms. The maximum Gasteiger partial charge on any atom is 0.255 e. The Labute approximate surface area is 107 Å². The van der Waals surface area contributed by atoms with Crippen molar-refractivity contribution >= 4 is 5.91 Å². The molecule has 0 spiro atoms. The molecular formula is C13H20N2O3. The van der Waals surface area contributed by atoms with Crippen molar-refractivity contribution in [2.75, 3.05) is 20.3 Å². The van der Waals surface area contributed by atoms with Crippen LogP contribution in [-0.4, -0.2) is 26.2 Å². The largest absolute Gasteiger partial charge is 0.497 e. The van der Waals surface area contributed by atoms with Gasteiger partial charge in [0.05, 0.1) is 7.11 Å². The summed E-state index contributed by atoms with van der Waals surface area (Å²) >= 11 is 0. The molecule has 5 nitrogen and oxygen atoms in total. The molecule has 0 saturated carbocycles. The van der Waals surface area contributed by atoms with Gasteiger partial charge in [0, 0.05) is 18.2 Å². The first-order chi connectivity index (χ1) is 8.67. The minimum atomic E-state index is -0.495. The van der Waals surface area contributed by atoms with Crippen molar-refractivity contribution in [2.45, 2.75) is 19.9 Å². The minimum absolute atomic E-state index is 0.131. The van der Waals surface area contributed by atoms with Crippen LogP contribution in [0.15, 0.2) is 18.2 Å². The highest BCUT2D eigenvalue weighted by Crippen LogP contribution is 2.24. The van der Waals surface area contributed by atoms with Crippen molar-refractivity contribution in [1.29, 1.82) is 0 Å². The van der Waals surface area contributed by atoms with Crippen molar-refractivity contribution in [3.8, 4) is 11.5 Å². The van der Waals surface area contributed by atoms with Gasteiger partial charge in [-0.05, 0) is 19.0 Å². The van der Waals surface area contributed by atoms with Gasteiger partial charge in [-0.15, -0.1) is 0 Å². The topological polar surface area (TPSA) is 73.6 Å². The second-order valence-electron chi connectivity index (χ2n) is 3.91. The molecule has 0 unspecified atom stereocenters. The Balaban J connectivity index is 2.75. The van der Waals surface area contributed by atoms with E-state index in [1.165, 1.54) is 0 Å². The summed E-state index contributed by atoms with van der Waals surface area (Å²) in [7, 11) is 1.59. The van der Waals surface area contributed by atoms with E-state index in [1.54, 1.807) is 13.2 Å². The van der Waals surface area contributed by atoms with E-state index in [0.29, 0.717) is 18.0 Å². The first-order valence-electron chi connectivity index (χ1n) is 5.96. The van der Waals surface area contributed by atoms with Crippen LogP contribution in [0.2, 0.25) is 0 Å². The summed E-state index contributed by atoms with van der Waals surface area (Å²) in [5.74, 6) is 0.816. The van der Waals surface area contributed by atoms with Crippen molar-refractivity contribution in [3.63, 3.8) is 0 Å². The number of carbonyl (C=O) groups excluding carboxylic acids is 1. The minimum Gasteiger partial charge on any atom is -0.497 e. The lowest BCUT2D eigenvalue weighted by atomic mass is 10.2. The van der Waals surface area contributed by atoms with E-state index in [1.807, 2.05) is 12.1 Å². The fourth-order valence-electron chi connectivity index (χ4n) is 1.49. The zero-order chi connectivity index (χ0) is 13.4. The zero-order valence-corrected chi connectivity index (χ0v) is 10.9. The van der Waals surface area contributed by atoms with Crippen LogP contribution in [0.3, 0.4) is 0 Å². The number of carbonyl (C=O) groups is 1. The highest BCUT2D eigenvalue weighted by molar-refractivity contribution is 5.75. The summed E-state index contributed by atoms with van der Waals surface area (Å²) in [6.45, 7) is 3.59. The molecule has 0 fully saturated rings. The van der Waals surface area contributed by atoms with E-state index in [4.69, 9.17) is 15.2 Å². The Kier molecular flexibility index (Phi) is 6.00. The van der Waals surface area contributed by atoms with Crippen LogP contribution < -0.4 is 20.5 Å². The van der Waals surface area contributed by atoms with Gasteiger partial charge in [-0.25, -0.2) is 0 Å². The lowest BCUT2D eigenvalue weighted by Crippen LogP contribution is -2.21. The molecular weight excluding hydrogens is 232 g/mol. The van der Waals surface area contributed by atoms with Crippen molar-refractivity contribution < 1.29 is 14.3 Å². The monoisotopic (exact) mass is 252 g/mol. The number of rotatable bonds is 8. The maximum atomic E-state index is 10.7. The number of hydrogen-bond donors (Lipinski definition) is 2. The Hall–Kier alpha value is -1.75. The number of nitrogens with two attached hydrogens (primary N) is 1. The van der Waals surface area contributed by atoms with E-state index in [-0.39, 0.29) is 6.61 Å². The third-order valence-corrected chi connectivity index (χ3v) is 2.39. The van der Waals surface area contributed by atoms with E-state index in [0.717, 1.165) is 18.5 Å². The van der Waals surface area contributed by atoms with Gasteiger partial charge in [-0.3, -0.25) is 4.79 Å². The molecule has 0 atom stereocenters. The Morgan fingerprint density at radius 1 is 1.44 bits per heavy atom. The number of ether oxygens (including phenoxy) is 2. The summed E-state index contributed by atoms with van der Waals surface area (Å²) in [5, 5.41) is 3.28. The smallest absolute Gasteiger partial charge is 0.255 e. The van der Waals surface area contributed by atoms with Crippen LogP contribution in [-0.2, 0) is 11.3 Å². The molecule has 100 valence electrons. The molecule has 1 aromatic rings. The third-order valence-electron chi connectivity index (χ3n) is 2.39. The first kappa shape index (κ1) is 14.3. The molecule has 0 aliphatic rings. The lowest BCUT2D eigenvalue weighted by molar-refractivity contribution is -0.119. The number of amides is 1. The Bertz CT molecular complexity index is 394. The molecule has 0 bridgehead atoms. The number of benzene rings is 1.